The zero-order valence-corrected chi connectivity index (χ0v) is 17.1. The Hall–Kier alpha value is -2.19. The minimum absolute atomic E-state index is 0.103. The summed E-state index contributed by atoms with van der Waals surface area (Å²) in [5.41, 5.74) is -1.14. The van der Waals surface area contributed by atoms with Crippen molar-refractivity contribution in [2.75, 3.05) is 13.1 Å². The standard InChI is InChI=1S/C20H25N3O4S/c1-19(2,3)27-18(24)22-20-9-7-15(20)12-23(13-20)28(25,26)17-6-4-5-14-11-21-10-8-16(14)17/h4-6,8,10-11,15H,7,9,12-13H2,1-3H3,(H,22,24). The maximum Gasteiger partial charge on any atom is 0.408 e. The molecule has 2 atom stereocenters. The van der Waals surface area contributed by atoms with Crippen molar-refractivity contribution < 1.29 is 17.9 Å². The summed E-state index contributed by atoms with van der Waals surface area (Å²) in [5.74, 6) is 0.103. The molecule has 0 radical (unpaired) electrons. The summed E-state index contributed by atoms with van der Waals surface area (Å²) in [6.45, 7) is 6.09. The number of benzene rings is 1. The molecule has 1 aromatic heterocycles. The van der Waals surface area contributed by atoms with Crippen LogP contribution in [0.15, 0.2) is 41.6 Å². The number of nitrogens with one attached hydrogen (secondary N) is 1. The molecule has 2 fully saturated rings. The average molecular weight is 404 g/mol. The van der Waals surface area contributed by atoms with Gasteiger partial charge in [-0.25, -0.2) is 13.2 Å². The van der Waals surface area contributed by atoms with E-state index in [-0.39, 0.29) is 17.4 Å². The van der Waals surface area contributed by atoms with Crippen molar-refractivity contribution >= 4 is 26.9 Å². The van der Waals surface area contributed by atoms with E-state index in [0.29, 0.717) is 11.9 Å². The van der Waals surface area contributed by atoms with Gasteiger partial charge in [0.15, 0.2) is 0 Å². The van der Waals surface area contributed by atoms with Crippen molar-refractivity contribution in [2.45, 2.75) is 49.6 Å². The van der Waals surface area contributed by atoms with Gasteiger partial charge in [0, 0.05) is 36.3 Å². The molecule has 1 aromatic carbocycles. The number of carbonyl (C=O) groups is 1. The largest absolute Gasteiger partial charge is 0.444 e. The quantitative estimate of drug-likeness (QED) is 0.851. The molecule has 7 nitrogen and oxygen atoms in total. The molecule has 2 heterocycles. The highest BCUT2D eigenvalue weighted by molar-refractivity contribution is 7.89. The number of amides is 1. The van der Waals surface area contributed by atoms with E-state index in [1.54, 1.807) is 30.6 Å². The second-order valence-corrected chi connectivity index (χ2v) is 10.6. The van der Waals surface area contributed by atoms with Crippen LogP contribution in [0.25, 0.3) is 10.8 Å². The van der Waals surface area contributed by atoms with Gasteiger partial charge in [0.1, 0.15) is 5.60 Å². The Labute approximate surface area is 165 Å². The van der Waals surface area contributed by atoms with Crippen molar-refractivity contribution in [3.8, 4) is 0 Å². The summed E-state index contributed by atoms with van der Waals surface area (Å²) in [6.07, 6.45) is 4.41. The zero-order valence-electron chi connectivity index (χ0n) is 16.3. The van der Waals surface area contributed by atoms with Crippen molar-refractivity contribution in [1.82, 2.24) is 14.6 Å². The highest BCUT2D eigenvalue weighted by Gasteiger charge is 2.57. The topological polar surface area (TPSA) is 88.6 Å². The molecule has 8 heteroatoms. The molecule has 150 valence electrons. The Balaban J connectivity index is 1.60. The first kappa shape index (κ1) is 19.1. The molecule has 0 spiro atoms. The number of hydrogen-bond acceptors (Lipinski definition) is 5. The second-order valence-electron chi connectivity index (χ2n) is 8.67. The second kappa shape index (κ2) is 6.42. The number of fused-ring (bicyclic) bond motifs is 2. The molecule has 1 aliphatic carbocycles. The van der Waals surface area contributed by atoms with Crippen LogP contribution >= 0.6 is 0 Å². The van der Waals surface area contributed by atoms with Gasteiger partial charge in [0.2, 0.25) is 10.0 Å². The molecular formula is C20H25N3O4S. The molecule has 1 aliphatic heterocycles. The summed E-state index contributed by atoms with van der Waals surface area (Å²) < 4.78 is 33.7. The molecular weight excluding hydrogens is 378 g/mol. The summed E-state index contributed by atoms with van der Waals surface area (Å²) in [4.78, 5) is 16.6. The number of sulfonamides is 1. The minimum Gasteiger partial charge on any atom is -0.444 e. The van der Waals surface area contributed by atoms with Gasteiger partial charge in [0.25, 0.3) is 0 Å². The third-order valence-electron chi connectivity index (χ3n) is 5.61. The number of ether oxygens (including phenoxy) is 1. The van der Waals surface area contributed by atoms with Gasteiger partial charge in [-0.2, -0.15) is 4.31 Å². The lowest BCUT2D eigenvalue weighted by Gasteiger charge is -2.44. The first-order valence-electron chi connectivity index (χ1n) is 9.45. The number of carbonyl (C=O) groups excluding carboxylic acids is 1. The van der Waals surface area contributed by atoms with E-state index >= 15 is 0 Å². The van der Waals surface area contributed by atoms with Crippen LogP contribution in [0.5, 0.6) is 0 Å². The van der Waals surface area contributed by atoms with E-state index in [4.69, 9.17) is 4.74 Å². The molecule has 2 aromatic rings. The predicted molar refractivity (Wildman–Crippen MR) is 105 cm³/mol. The van der Waals surface area contributed by atoms with Crippen molar-refractivity contribution in [2.24, 2.45) is 5.92 Å². The van der Waals surface area contributed by atoms with Crippen molar-refractivity contribution in [1.29, 1.82) is 0 Å². The summed E-state index contributed by atoms with van der Waals surface area (Å²) in [5, 5.41) is 4.40. The molecule has 1 saturated carbocycles. The first-order chi connectivity index (χ1) is 13.1. The fourth-order valence-corrected chi connectivity index (χ4v) is 5.92. The third kappa shape index (κ3) is 3.24. The first-order valence-corrected chi connectivity index (χ1v) is 10.9. The Bertz CT molecular complexity index is 1030. The maximum absolute atomic E-state index is 13.4. The van der Waals surface area contributed by atoms with Gasteiger partial charge < -0.3 is 10.1 Å². The molecule has 1 saturated heterocycles. The Morgan fingerprint density at radius 3 is 2.79 bits per heavy atom. The van der Waals surface area contributed by atoms with Gasteiger partial charge in [-0.05, 0) is 51.7 Å². The van der Waals surface area contributed by atoms with Gasteiger partial charge in [-0.3, -0.25) is 4.98 Å². The number of rotatable bonds is 3. The van der Waals surface area contributed by atoms with Crippen LogP contribution in [-0.4, -0.2) is 48.0 Å². The minimum atomic E-state index is -3.69. The van der Waals surface area contributed by atoms with Crippen LogP contribution < -0.4 is 5.32 Å². The van der Waals surface area contributed by atoms with Crippen molar-refractivity contribution in [3.05, 3.63) is 36.7 Å². The molecule has 4 rings (SSSR count). The fraction of sp³-hybridized carbons (Fsp3) is 0.500. The predicted octanol–water partition coefficient (Wildman–Crippen LogP) is 2.91. The van der Waals surface area contributed by atoms with Crippen LogP contribution in [0.1, 0.15) is 33.6 Å². The Kier molecular flexibility index (Phi) is 4.39. The number of alkyl carbamates (subject to hydrolysis) is 1. The number of nitrogens with zero attached hydrogens (tertiary/aromatic N) is 2. The summed E-state index contributed by atoms with van der Waals surface area (Å²) in [7, 11) is -3.69. The van der Waals surface area contributed by atoms with E-state index in [0.717, 1.165) is 18.2 Å². The van der Waals surface area contributed by atoms with Gasteiger partial charge in [0.05, 0.1) is 10.4 Å². The van der Waals surface area contributed by atoms with Crippen LogP contribution in [0.4, 0.5) is 4.79 Å². The maximum atomic E-state index is 13.4. The van der Waals surface area contributed by atoms with Gasteiger partial charge in [-0.1, -0.05) is 12.1 Å². The fourth-order valence-electron chi connectivity index (χ4n) is 4.15. The molecule has 28 heavy (non-hydrogen) atoms. The number of pyridine rings is 1. The number of hydrogen-bond donors (Lipinski definition) is 1. The van der Waals surface area contributed by atoms with E-state index in [1.807, 2.05) is 26.8 Å². The van der Waals surface area contributed by atoms with Crippen LogP contribution in [-0.2, 0) is 14.8 Å². The molecule has 2 unspecified atom stereocenters. The smallest absolute Gasteiger partial charge is 0.408 e. The third-order valence-corrected chi connectivity index (χ3v) is 7.48. The molecule has 1 N–H and O–H groups in total. The Morgan fingerprint density at radius 2 is 2.11 bits per heavy atom. The summed E-state index contributed by atoms with van der Waals surface area (Å²) in [6, 6.07) is 6.93. The molecule has 0 bridgehead atoms. The monoisotopic (exact) mass is 403 g/mol. The van der Waals surface area contributed by atoms with Crippen LogP contribution in [0.3, 0.4) is 0 Å². The highest BCUT2D eigenvalue weighted by Crippen LogP contribution is 2.46. The SMILES string of the molecule is CC(C)(C)OC(=O)NC12CCC1CN(S(=O)(=O)c1cccc3cnccc13)C2. The molecule has 2 aliphatic rings. The highest BCUT2D eigenvalue weighted by atomic mass is 32.2. The van der Waals surface area contributed by atoms with Crippen LogP contribution in [0.2, 0.25) is 0 Å². The lowest BCUT2D eigenvalue weighted by molar-refractivity contribution is 0.0333. The van der Waals surface area contributed by atoms with Gasteiger partial charge in [-0.15, -0.1) is 0 Å². The van der Waals surface area contributed by atoms with E-state index in [1.165, 1.54) is 4.31 Å². The summed E-state index contributed by atoms with van der Waals surface area (Å²) >= 11 is 0. The zero-order chi connectivity index (χ0) is 20.2. The van der Waals surface area contributed by atoms with Crippen molar-refractivity contribution in [3.63, 3.8) is 0 Å². The van der Waals surface area contributed by atoms with E-state index < -0.39 is 27.3 Å². The average Bonchev–Trinajstić information content (AvgIpc) is 2.85. The lowest BCUT2D eigenvalue weighted by Crippen LogP contribution is -2.60. The Morgan fingerprint density at radius 1 is 1.32 bits per heavy atom. The number of aromatic nitrogens is 1. The normalized spacial score (nSPS) is 25.2. The van der Waals surface area contributed by atoms with Gasteiger partial charge >= 0.3 is 6.09 Å². The molecule has 1 amide bonds. The lowest BCUT2D eigenvalue weighted by atomic mass is 9.69. The van der Waals surface area contributed by atoms with E-state index in [2.05, 4.69) is 10.3 Å². The van der Waals surface area contributed by atoms with Crippen LogP contribution in [0, 0.1) is 5.92 Å². The van der Waals surface area contributed by atoms with E-state index in [9.17, 15) is 13.2 Å².